The van der Waals surface area contributed by atoms with Gasteiger partial charge in [0.15, 0.2) is 5.78 Å². The van der Waals surface area contributed by atoms with Crippen molar-refractivity contribution in [2.24, 2.45) is 0 Å². The number of ether oxygens (including phenoxy) is 1. The highest BCUT2D eigenvalue weighted by Crippen LogP contribution is 2.32. The molecule has 3 amide bonds. The van der Waals surface area contributed by atoms with E-state index in [4.69, 9.17) is 4.74 Å². The Morgan fingerprint density at radius 2 is 1.76 bits per heavy atom. The monoisotopic (exact) mass is 344 g/mol. The Morgan fingerprint density at radius 3 is 2.44 bits per heavy atom. The van der Waals surface area contributed by atoms with Gasteiger partial charge in [-0.25, -0.2) is 4.79 Å². The molecule has 2 fully saturated rings. The van der Waals surface area contributed by atoms with Gasteiger partial charge in [0.05, 0.1) is 19.2 Å². The molecule has 134 valence electrons. The van der Waals surface area contributed by atoms with E-state index in [9.17, 15) is 14.4 Å². The first kappa shape index (κ1) is 17.5. The second-order valence-electron chi connectivity index (χ2n) is 6.79. The summed E-state index contributed by atoms with van der Waals surface area (Å²) in [6.45, 7) is -0.257. The fourth-order valence-electron chi connectivity index (χ4n) is 3.77. The van der Waals surface area contributed by atoms with Crippen LogP contribution in [0.2, 0.25) is 0 Å². The molecule has 25 heavy (non-hydrogen) atoms. The molecule has 6 nitrogen and oxygen atoms in total. The molecule has 1 heterocycles. The van der Waals surface area contributed by atoms with Crippen molar-refractivity contribution >= 4 is 17.7 Å². The summed E-state index contributed by atoms with van der Waals surface area (Å²) in [6, 6.07) is 6.37. The Morgan fingerprint density at radius 1 is 1.12 bits per heavy atom. The highest BCUT2D eigenvalue weighted by atomic mass is 16.5. The van der Waals surface area contributed by atoms with E-state index < -0.39 is 11.6 Å². The Bertz CT molecular complexity index is 678. The average molecular weight is 344 g/mol. The largest absolute Gasteiger partial charge is 0.496 e. The molecular weight excluding hydrogens is 320 g/mol. The van der Waals surface area contributed by atoms with E-state index in [0.29, 0.717) is 24.2 Å². The average Bonchev–Trinajstić information content (AvgIpc) is 2.83. The molecule has 0 atom stereocenters. The van der Waals surface area contributed by atoms with Crippen LogP contribution >= 0.6 is 0 Å². The minimum Gasteiger partial charge on any atom is -0.496 e. The molecule has 1 saturated heterocycles. The lowest BCUT2D eigenvalue weighted by molar-refractivity contribution is -0.131. The maximum Gasteiger partial charge on any atom is 0.325 e. The Balaban J connectivity index is 1.77. The van der Waals surface area contributed by atoms with Gasteiger partial charge in [0.1, 0.15) is 11.3 Å². The predicted molar refractivity (Wildman–Crippen MR) is 92.6 cm³/mol. The van der Waals surface area contributed by atoms with Crippen molar-refractivity contribution in [2.45, 2.75) is 50.5 Å². The van der Waals surface area contributed by atoms with E-state index in [2.05, 4.69) is 5.32 Å². The van der Waals surface area contributed by atoms with Crippen LogP contribution in [0.25, 0.3) is 0 Å². The zero-order valence-corrected chi connectivity index (χ0v) is 14.5. The Kier molecular flexibility index (Phi) is 5.06. The van der Waals surface area contributed by atoms with Crippen LogP contribution in [0.15, 0.2) is 24.3 Å². The maximum atomic E-state index is 12.9. The van der Waals surface area contributed by atoms with Crippen LogP contribution in [0.5, 0.6) is 5.75 Å². The highest BCUT2D eigenvalue weighted by molar-refractivity contribution is 6.11. The van der Waals surface area contributed by atoms with Gasteiger partial charge in [-0.15, -0.1) is 0 Å². The van der Waals surface area contributed by atoms with Gasteiger partial charge in [0.25, 0.3) is 5.91 Å². The zero-order chi connectivity index (χ0) is 17.9. The third-order valence-corrected chi connectivity index (χ3v) is 5.16. The first-order chi connectivity index (χ1) is 12.1. The molecule has 1 spiro atoms. The van der Waals surface area contributed by atoms with Crippen LogP contribution in [-0.4, -0.2) is 41.8 Å². The van der Waals surface area contributed by atoms with Crippen molar-refractivity contribution < 1.29 is 19.1 Å². The van der Waals surface area contributed by atoms with Gasteiger partial charge >= 0.3 is 6.03 Å². The number of Topliss-reactive ketones (excluding diaryl/α,β-unsaturated/α-hetero) is 1. The molecular formula is C19H24N2O4. The summed E-state index contributed by atoms with van der Waals surface area (Å²) in [5, 5.41) is 2.88. The van der Waals surface area contributed by atoms with Crippen molar-refractivity contribution in [1.29, 1.82) is 0 Å². The predicted octanol–water partition coefficient (Wildman–Crippen LogP) is 2.91. The van der Waals surface area contributed by atoms with Crippen molar-refractivity contribution in [2.75, 3.05) is 13.7 Å². The van der Waals surface area contributed by atoms with Crippen LogP contribution < -0.4 is 10.1 Å². The summed E-state index contributed by atoms with van der Waals surface area (Å²) in [4.78, 5) is 39.0. The molecule has 6 heteroatoms. The Hall–Kier alpha value is -2.37. The second kappa shape index (κ2) is 7.25. The first-order valence-electron chi connectivity index (χ1n) is 8.88. The second-order valence-corrected chi connectivity index (χ2v) is 6.79. The number of nitrogens with one attached hydrogen (secondary N) is 1. The summed E-state index contributed by atoms with van der Waals surface area (Å²) >= 11 is 0. The van der Waals surface area contributed by atoms with E-state index in [1.165, 1.54) is 13.5 Å². The fraction of sp³-hybridized carbons (Fsp3) is 0.526. The van der Waals surface area contributed by atoms with Crippen molar-refractivity contribution in [3.63, 3.8) is 0 Å². The van der Waals surface area contributed by atoms with Crippen LogP contribution in [-0.2, 0) is 4.79 Å². The third kappa shape index (κ3) is 3.38. The van der Waals surface area contributed by atoms with Gasteiger partial charge in [-0.05, 0) is 25.0 Å². The van der Waals surface area contributed by atoms with Gasteiger partial charge < -0.3 is 10.1 Å². The quantitative estimate of drug-likeness (QED) is 0.673. The number of urea groups is 1. The Labute approximate surface area is 147 Å². The zero-order valence-electron chi connectivity index (χ0n) is 14.5. The minimum absolute atomic E-state index is 0.257. The van der Waals surface area contributed by atoms with E-state index >= 15 is 0 Å². The lowest BCUT2D eigenvalue weighted by atomic mass is 9.84. The molecule has 2 aliphatic rings. The summed E-state index contributed by atoms with van der Waals surface area (Å²) in [5.74, 6) is -0.119. The van der Waals surface area contributed by atoms with Gasteiger partial charge in [-0.2, -0.15) is 0 Å². The molecule has 1 aliphatic heterocycles. The molecule has 1 aliphatic carbocycles. The SMILES string of the molecule is COc1ccccc1C(=O)CN1C(=O)NC2(CCCCCCC2)C1=O. The van der Waals surface area contributed by atoms with E-state index in [1.807, 2.05) is 0 Å². The van der Waals surface area contributed by atoms with E-state index in [-0.39, 0.29) is 18.2 Å². The molecule has 0 radical (unpaired) electrons. The number of imide groups is 1. The topological polar surface area (TPSA) is 75.7 Å². The third-order valence-electron chi connectivity index (χ3n) is 5.16. The number of carbonyl (C=O) groups is 3. The number of hydrogen-bond acceptors (Lipinski definition) is 4. The molecule has 1 aromatic carbocycles. The number of methoxy groups -OCH3 is 1. The smallest absolute Gasteiger partial charge is 0.325 e. The van der Waals surface area contributed by atoms with Crippen molar-refractivity contribution in [3.8, 4) is 5.75 Å². The molecule has 0 unspecified atom stereocenters. The minimum atomic E-state index is -0.821. The summed E-state index contributed by atoms with van der Waals surface area (Å²) in [5.41, 5.74) is -0.442. The first-order valence-corrected chi connectivity index (χ1v) is 8.88. The molecule has 0 aromatic heterocycles. The van der Waals surface area contributed by atoms with Gasteiger partial charge in [0, 0.05) is 0 Å². The van der Waals surface area contributed by atoms with E-state index in [0.717, 1.165) is 30.6 Å². The van der Waals surface area contributed by atoms with Crippen molar-refractivity contribution in [3.05, 3.63) is 29.8 Å². The summed E-state index contributed by atoms with van der Waals surface area (Å²) in [7, 11) is 1.49. The van der Waals surface area contributed by atoms with Crippen LogP contribution in [0, 0.1) is 0 Å². The van der Waals surface area contributed by atoms with Gasteiger partial charge in [-0.1, -0.05) is 44.2 Å². The number of rotatable bonds is 4. The standard InChI is InChI=1S/C19H24N2O4/c1-25-16-10-6-5-9-14(16)15(22)13-21-17(23)19(20-18(21)24)11-7-3-2-4-8-12-19/h5-6,9-10H,2-4,7-8,11-13H2,1H3,(H,20,24). The number of ketones is 1. The van der Waals surface area contributed by atoms with Gasteiger partial charge in [-0.3, -0.25) is 14.5 Å². The fourth-order valence-corrected chi connectivity index (χ4v) is 3.77. The number of hydrogen-bond donors (Lipinski definition) is 1. The number of benzene rings is 1. The number of amides is 3. The number of nitrogens with zero attached hydrogens (tertiary/aromatic N) is 1. The molecule has 1 N–H and O–H groups in total. The number of para-hydroxylation sites is 1. The highest BCUT2D eigenvalue weighted by Gasteiger charge is 2.50. The molecule has 3 rings (SSSR count). The van der Waals surface area contributed by atoms with Gasteiger partial charge in [0.2, 0.25) is 0 Å². The molecule has 1 aromatic rings. The lowest BCUT2D eigenvalue weighted by Gasteiger charge is -2.28. The lowest BCUT2D eigenvalue weighted by Crippen LogP contribution is -2.47. The van der Waals surface area contributed by atoms with Crippen molar-refractivity contribution in [1.82, 2.24) is 10.2 Å². The summed E-state index contributed by atoms with van der Waals surface area (Å²) in [6.07, 6.45) is 6.46. The maximum absolute atomic E-state index is 12.9. The van der Waals surface area contributed by atoms with Crippen LogP contribution in [0.1, 0.15) is 55.3 Å². The molecule has 0 bridgehead atoms. The van der Waals surface area contributed by atoms with E-state index in [1.54, 1.807) is 24.3 Å². The van der Waals surface area contributed by atoms with Crippen LogP contribution in [0.4, 0.5) is 4.79 Å². The number of carbonyl (C=O) groups excluding carboxylic acids is 3. The van der Waals surface area contributed by atoms with Crippen LogP contribution in [0.3, 0.4) is 0 Å². The molecule has 1 saturated carbocycles. The normalized spacial score (nSPS) is 20.1. The summed E-state index contributed by atoms with van der Waals surface area (Å²) < 4.78 is 5.20.